The van der Waals surface area contributed by atoms with Gasteiger partial charge >= 0.3 is 0 Å². The molecule has 1 amide bonds. The molecule has 2 aromatic carbocycles. The van der Waals surface area contributed by atoms with E-state index >= 15 is 0 Å². The molecule has 3 aliphatic heterocycles. The van der Waals surface area contributed by atoms with Crippen LogP contribution in [0, 0.1) is 11.8 Å². The van der Waals surface area contributed by atoms with Crippen molar-refractivity contribution in [3.63, 3.8) is 0 Å². The average Bonchev–Trinajstić information content (AvgIpc) is 3.64. The fourth-order valence-electron chi connectivity index (χ4n) is 8.11. The van der Waals surface area contributed by atoms with E-state index in [2.05, 4.69) is 29.7 Å². The molecule has 1 aliphatic carbocycles. The minimum absolute atomic E-state index is 0.0414. The molecule has 46 heavy (non-hydrogen) atoms. The van der Waals surface area contributed by atoms with Gasteiger partial charge in [0.15, 0.2) is 0 Å². The van der Waals surface area contributed by atoms with Crippen LogP contribution < -0.4 is 10.6 Å². The van der Waals surface area contributed by atoms with Gasteiger partial charge in [0, 0.05) is 31.9 Å². The molecule has 4 aliphatic rings. The quantitative estimate of drug-likeness (QED) is 0.0471. The minimum atomic E-state index is -0.911. The highest BCUT2D eigenvalue weighted by molar-refractivity contribution is 5.75. The van der Waals surface area contributed by atoms with Crippen molar-refractivity contribution in [3.8, 4) is 5.75 Å². The maximum atomic E-state index is 12.0. The maximum Gasteiger partial charge on any atom is 0.211 e. The Morgan fingerprint density at radius 3 is 2.54 bits per heavy atom. The summed E-state index contributed by atoms with van der Waals surface area (Å²) in [5.41, 5.74) is 0.965. The van der Waals surface area contributed by atoms with Crippen molar-refractivity contribution in [1.29, 1.82) is 0 Å². The van der Waals surface area contributed by atoms with Gasteiger partial charge in [-0.15, -0.1) is 0 Å². The number of fused-ring (bicyclic) bond motifs is 3. The number of rotatable bonds is 19. The van der Waals surface area contributed by atoms with Crippen LogP contribution in [0.1, 0.15) is 88.4 Å². The molecular weight excluding hydrogens is 582 g/mol. The predicted octanol–water partition coefficient (Wildman–Crippen LogP) is 5.21. The van der Waals surface area contributed by atoms with Gasteiger partial charge in [0.05, 0.1) is 38.0 Å². The Balaban J connectivity index is 1.07. The first-order valence-corrected chi connectivity index (χ1v) is 17.7. The molecule has 1 saturated carbocycles. The zero-order chi connectivity index (χ0) is 32.4. The molecule has 0 aromatic heterocycles. The Bertz CT molecular complexity index is 1220. The molecule has 254 valence electrons. The number of carbonyl (C=O) groups is 1. The lowest BCUT2D eigenvalue weighted by molar-refractivity contribution is -0.946. The van der Waals surface area contributed by atoms with Crippen LogP contribution in [0.15, 0.2) is 48.5 Å². The van der Waals surface area contributed by atoms with Gasteiger partial charge in [-0.3, -0.25) is 10.1 Å². The second-order valence-corrected chi connectivity index (χ2v) is 14.0. The standard InChI is InChI=1S/C37H55N3O6/c1-2-10-36(38-24-34(43)29-15-16-33(42)32(23-29)39-27-41)45-22-9-8-19-40-20-17-28(18-21-40)35(25-40)46-26-37(44,31-13-6-7-14-31)30-11-4-3-5-12-30/h3-5,11-12,15-16,23,27-28,31,34-36,38,43-44H,2,6-10,13-14,17-22,24-26H2,1H3,(H-,39,41,42)/p+1/t28?,34-,35-,36?,37?,40?/m0/s1. The lowest BCUT2D eigenvalue weighted by atomic mass is 9.80. The molecule has 3 heterocycles. The van der Waals surface area contributed by atoms with E-state index in [1.54, 1.807) is 12.1 Å². The van der Waals surface area contributed by atoms with Crippen molar-refractivity contribution in [2.24, 2.45) is 11.8 Å². The molecule has 4 atom stereocenters. The number of piperidine rings is 3. The molecule has 3 saturated heterocycles. The first-order chi connectivity index (χ1) is 22.4. The number of amides is 1. The van der Waals surface area contributed by atoms with Crippen molar-refractivity contribution in [2.75, 3.05) is 51.3 Å². The molecule has 5 N–H and O–H groups in total. The number of nitrogens with zero attached hydrogens (tertiary/aromatic N) is 1. The Hall–Kier alpha value is -2.53. The third kappa shape index (κ3) is 8.68. The van der Waals surface area contributed by atoms with Gasteiger partial charge in [0.25, 0.3) is 0 Å². The average molecular weight is 639 g/mol. The van der Waals surface area contributed by atoms with E-state index < -0.39 is 11.7 Å². The van der Waals surface area contributed by atoms with Crippen molar-refractivity contribution in [1.82, 2.24) is 5.32 Å². The molecule has 9 nitrogen and oxygen atoms in total. The third-order valence-electron chi connectivity index (χ3n) is 10.9. The van der Waals surface area contributed by atoms with Crippen LogP contribution in [0.25, 0.3) is 0 Å². The van der Waals surface area contributed by atoms with E-state index in [0.29, 0.717) is 37.6 Å². The number of unbranched alkanes of at least 4 members (excludes halogenated alkanes) is 1. The number of hydrogen-bond acceptors (Lipinski definition) is 7. The number of anilines is 1. The summed E-state index contributed by atoms with van der Waals surface area (Å²) in [7, 11) is 0. The first kappa shape index (κ1) is 34.8. The Labute approximate surface area is 274 Å². The molecular formula is C37H56N3O6+. The van der Waals surface area contributed by atoms with E-state index in [1.165, 1.54) is 44.8 Å². The van der Waals surface area contributed by atoms with Crippen LogP contribution in [0.5, 0.6) is 5.75 Å². The number of nitrogens with one attached hydrogen (secondary N) is 2. The molecule has 0 radical (unpaired) electrons. The highest BCUT2D eigenvalue weighted by Gasteiger charge is 2.48. The van der Waals surface area contributed by atoms with Gasteiger partial charge in [0.2, 0.25) is 6.41 Å². The highest BCUT2D eigenvalue weighted by atomic mass is 16.5. The summed E-state index contributed by atoms with van der Waals surface area (Å²) in [4.78, 5) is 10.8. The monoisotopic (exact) mass is 638 g/mol. The van der Waals surface area contributed by atoms with Gasteiger partial charge < -0.3 is 34.6 Å². The maximum absolute atomic E-state index is 12.0. The number of aliphatic hydroxyl groups is 2. The molecule has 4 fully saturated rings. The SMILES string of the molecule is CCCC(NC[C@H](O)c1ccc(O)c(NC=O)c1)OCCCC[N+]12CCC(CC1)[C@@H](OCC(O)(c1ccccc1)C1CCCC1)C2. The smallest absolute Gasteiger partial charge is 0.211 e. The second kappa shape index (κ2) is 16.5. The molecule has 2 bridgehead atoms. The van der Waals surface area contributed by atoms with E-state index in [1.807, 2.05) is 18.2 Å². The third-order valence-corrected chi connectivity index (χ3v) is 10.9. The summed E-state index contributed by atoms with van der Waals surface area (Å²) in [5, 5.41) is 38.4. The lowest BCUT2D eigenvalue weighted by Crippen LogP contribution is -2.64. The van der Waals surface area contributed by atoms with Crippen LogP contribution in [0.3, 0.4) is 0 Å². The molecule has 2 unspecified atom stereocenters. The largest absolute Gasteiger partial charge is 0.506 e. The van der Waals surface area contributed by atoms with E-state index in [4.69, 9.17) is 9.47 Å². The number of aromatic hydroxyl groups is 1. The fourth-order valence-corrected chi connectivity index (χ4v) is 8.11. The zero-order valence-corrected chi connectivity index (χ0v) is 27.6. The normalized spacial score (nSPS) is 25.6. The highest BCUT2D eigenvalue weighted by Crippen LogP contribution is 2.42. The van der Waals surface area contributed by atoms with Crippen molar-refractivity contribution < 1.29 is 34.1 Å². The number of phenols is 1. The number of phenolic OH excluding ortho intramolecular Hbond substituents is 1. The van der Waals surface area contributed by atoms with Gasteiger partial charge in [-0.05, 0) is 61.3 Å². The van der Waals surface area contributed by atoms with Gasteiger partial charge in [-0.25, -0.2) is 0 Å². The van der Waals surface area contributed by atoms with Crippen LogP contribution in [-0.4, -0.2) is 84.5 Å². The van der Waals surface area contributed by atoms with Gasteiger partial charge in [-0.2, -0.15) is 0 Å². The van der Waals surface area contributed by atoms with Gasteiger partial charge in [-0.1, -0.05) is 62.6 Å². The Morgan fingerprint density at radius 1 is 1.07 bits per heavy atom. The Morgan fingerprint density at radius 2 is 1.83 bits per heavy atom. The fraction of sp³-hybridized carbons (Fsp3) is 0.649. The second-order valence-electron chi connectivity index (χ2n) is 14.0. The summed E-state index contributed by atoms with van der Waals surface area (Å²) in [6.45, 7) is 8.08. The number of aliphatic hydroxyl groups excluding tert-OH is 1. The number of carbonyl (C=O) groups excluding carboxylic acids is 1. The number of benzene rings is 2. The number of quaternary nitrogens is 1. The van der Waals surface area contributed by atoms with Crippen LogP contribution in [-0.2, 0) is 19.9 Å². The molecule has 9 heteroatoms. The summed E-state index contributed by atoms with van der Waals surface area (Å²) in [5.74, 6) is 0.817. The Kier molecular flexibility index (Phi) is 12.5. The topological polar surface area (TPSA) is 120 Å². The molecule has 6 rings (SSSR count). The summed E-state index contributed by atoms with van der Waals surface area (Å²) >= 11 is 0. The van der Waals surface area contributed by atoms with Crippen molar-refractivity contribution in [2.45, 2.75) is 95.2 Å². The van der Waals surface area contributed by atoms with Crippen LogP contribution >= 0.6 is 0 Å². The van der Waals surface area contributed by atoms with E-state index in [-0.39, 0.29) is 29.7 Å². The number of ether oxygens (including phenoxy) is 2. The summed E-state index contributed by atoms with van der Waals surface area (Å²) < 4.78 is 14.1. The first-order valence-electron chi connectivity index (χ1n) is 17.7. The van der Waals surface area contributed by atoms with E-state index in [9.17, 15) is 20.1 Å². The van der Waals surface area contributed by atoms with Crippen LogP contribution in [0.2, 0.25) is 0 Å². The van der Waals surface area contributed by atoms with Gasteiger partial charge in [0.1, 0.15) is 30.2 Å². The van der Waals surface area contributed by atoms with Crippen molar-refractivity contribution in [3.05, 3.63) is 59.7 Å². The lowest BCUT2D eigenvalue weighted by Gasteiger charge is -2.53. The molecule has 2 aromatic rings. The molecule has 0 spiro atoms. The van der Waals surface area contributed by atoms with E-state index in [0.717, 1.165) is 61.7 Å². The van der Waals surface area contributed by atoms with Crippen molar-refractivity contribution >= 4 is 12.1 Å². The number of hydrogen-bond donors (Lipinski definition) is 5. The minimum Gasteiger partial charge on any atom is -0.506 e. The van der Waals surface area contributed by atoms with Crippen LogP contribution in [0.4, 0.5) is 5.69 Å². The predicted molar refractivity (Wildman–Crippen MR) is 179 cm³/mol. The summed E-state index contributed by atoms with van der Waals surface area (Å²) in [6, 6.07) is 14.9. The zero-order valence-electron chi connectivity index (χ0n) is 27.6. The summed E-state index contributed by atoms with van der Waals surface area (Å²) in [6.07, 6.45) is 10.6.